The van der Waals surface area contributed by atoms with E-state index >= 15 is 0 Å². The van der Waals surface area contributed by atoms with E-state index in [0.29, 0.717) is 0 Å². The van der Waals surface area contributed by atoms with Crippen LogP contribution in [0.5, 0.6) is 0 Å². The van der Waals surface area contributed by atoms with Gasteiger partial charge in [0.1, 0.15) is 5.69 Å². The van der Waals surface area contributed by atoms with Gasteiger partial charge < -0.3 is 9.64 Å². The summed E-state index contributed by atoms with van der Waals surface area (Å²) in [5.41, 5.74) is 4.97. The lowest BCUT2D eigenvalue weighted by atomic mass is 10.1. The number of fused-ring (bicyclic) bond motifs is 1. The van der Waals surface area contributed by atoms with E-state index in [0.717, 1.165) is 59.9 Å². The topological polar surface area (TPSA) is 38.2 Å². The maximum Gasteiger partial charge on any atom is 0.123 e. The minimum atomic E-state index is -0.656. The van der Waals surface area contributed by atoms with E-state index in [2.05, 4.69) is 76.9 Å². The van der Waals surface area contributed by atoms with Crippen LogP contribution in [0.25, 0.3) is 22.2 Å². The standard InChI is InChI=1S/C24H27N3OS/c1-29(2,3)17-5-7-22-21-6-4-12-25-24(21)18-23(26-22)19-8-10-20(11-9-19)27-13-15-28-16-14-27/h4,6,8-12,18H,13-17H2,1-3H3. The van der Waals surface area contributed by atoms with Crippen molar-refractivity contribution in [1.82, 2.24) is 9.97 Å². The Bertz CT molecular complexity index is 1060. The van der Waals surface area contributed by atoms with Crippen molar-refractivity contribution >= 4 is 26.6 Å². The molecule has 1 aromatic carbocycles. The second-order valence-electron chi connectivity index (χ2n) is 8.11. The quantitative estimate of drug-likeness (QED) is 0.613. The van der Waals surface area contributed by atoms with E-state index < -0.39 is 10.0 Å². The van der Waals surface area contributed by atoms with Gasteiger partial charge in [0, 0.05) is 41.7 Å². The lowest BCUT2D eigenvalue weighted by Crippen LogP contribution is -2.36. The predicted molar refractivity (Wildman–Crippen MR) is 125 cm³/mol. The molecule has 0 aliphatic carbocycles. The molecule has 0 unspecified atom stereocenters. The van der Waals surface area contributed by atoms with Crippen molar-refractivity contribution in [2.24, 2.45) is 0 Å². The zero-order valence-corrected chi connectivity index (χ0v) is 18.1. The fourth-order valence-electron chi connectivity index (χ4n) is 3.32. The molecule has 4 nitrogen and oxygen atoms in total. The first-order valence-electron chi connectivity index (χ1n) is 9.83. The second kappa shape index (κ2) is 8.44. The van der Waals surface area contributed by atoms with Crippen LogP contribution in [0.4, 0.5) is 5.69 Å². The summed E-state index contributed by atoms with van der Waals surface area (Å²) < 4.78 is 5.45. The summed E-state index contributed by atoms with van der Waals surface area (Å²) in [4.78, 5) is 11.8. The van der Waals surface area contributed by atoms with E-state index in [1.807, 2.05) is 12.3 Å². The fraction of sp³-hybridized carbons (Fsp3) is 0.333. The minimum absolute atomic E-state index is 0.656. The van der Waals surface area contributed by atoms with Crippen molar-refractivity contribution in [3.05, 3.63) is 54.4 Å². The Labute approximate surface area is 174 Å². The van der Waals surface area contributed by atoms with Gasteiger partial charge in [0.25, 0.3) is 0 Å². The third kappa shape index (κ3) is 4.90. The summed E-state index contributed by atoms with van der Waals surface area (Å²) in [6.45, 7) is 3.45. The number of nitrogens with zero attached hydrogens (tertiary/aromatic N) is 3. The molecule has 150 valence electrons. The number of aromatic nitrogens is 2. The Kier molecular flexibility index (Phi) is 5.75. The normalized spacial score (nSPS) is 15.1. The van der Waals surface area contributed by atoms with Crippen molar-refractivity contribution in [2.75, 3.05) is 55.7 Å². The maximum atomic E-state index is 5.45. The molecule has 29 heavy (non-hydrogen) atoms. The third-order valence-corrected chi connectivity index (χ3v) is 5.86. The first-order valence-corrected chi connectivity index (χ1v) is 12.9. The summed E-state index contributed by atoms with van der Waals surface area (Å²) in [6.07, 6.45) is 8.66. The number of rotatable bonds is 3. The lowest BCUT2D eigenvalue weighted by molar-refractivity contribution is 0.122. The molecule has 0 bridgehead atoms. The van der Waals surface area contributed by atoms with Crippen molar-refractivity contribution in [3.63, 3.8) is 0 Å². The van der Waals surface area contributed by atoms with E-state index in [1.165, 1.54) is 5.69 Å². The highest BCUT2D eigenvalue weighted by Gasteiger charge is 2.12. The summed E-state index contributed by atoms with van der Waals surface area (Å²) >= 11 is 0. The van der Waals surface area contributed by atoms with Crippen molar-refractivity contribution in [1.29, 1.82) is 0 Å². The molecule has 2 aromatic heterocycles. The third-order valence-electron chi connectivity index (χ3n) is 4.85. The number of ether oxygens (including phenoxy) is 1. The minimum Gasteiger partial charge on any atom is -0.378 e. The van der Waals surface area contributed by atoms with Gasteiger partial charge in [-0.2, -0.15) is 0 Å². The van der Waals surface area contributed by atoms with Gasteiger partial charge in [-0.3, -0.25) is 4.98 Å². The Morgan fingerprint density at radius 2 is 1.83 bits per heavy atom. The van der Waals surface area contributed by atoms with Crippen LogP contribution in [0, 0.1) is 11.8 Å². The van der Waals surface area contributed by atoms with Crippen molar-refractivity contribution in [3.8, 4) is 23.1 Å². The second-order valence-corrected chi connectivity index (χ2v) is 12.6. The Morgan fingerprint density at radius 1 is 1.07 bits per heavy atom. The molecule has 0 amide bonds. The molecule has 3 heterocycles. The smallest absolute Gasteiger partial charge is 0.123 e. The molecular weight excluding hydrogens is 378 g/mol. The van der Waals surface area contributed by atoms with E-state index in [4.69, 9.17) is 9.72 Å². The number of hydrogen-bond acceptors (Lipinski definition) is 4. The highest BCUT2D eigenvalue weighted by molar-refractivity contribution is 8.32. The maximum absolute atomic E-state index is 5.45. The average molecular weight is 406 g/mol. The Morgan fingerprint density at radius 3 is 2.55 bits per heavy atom. The van der Waals surface area contributed by atoms with Gasteiger partial charge in [-0.1, -0.05) is 18.1 Å². The zero-order valence-electron chi connectivity index (χ0n) is 17.3. The molecule has 0 radical (unpaired) electrons. The molecule has 1 fully saturated rings. The van der Waals surface area contributed by atoms with Gasteiger partial charge >= 0.3 is 0 Å². The van der Waals surface area contributed by atoms with Crippen LogP contribution in [-0.4, -0.2) is 60.8 Å². The largest absolute Gasteiger partial charge is 0.378 e. The molecule has 1 saturated heterocycles. The van der Waals surface area contributed by atoms with Gasteiger partial charge in [-0.15, -0.1) is 0 Å². The molecule has 3 aromatic rings. The first-order chi connectivity index (χ1) is 14.0. The predicted octanol–water partition coefficient (Wildman–Crippen LogP) is 4.18. The summed E-state index contributed by atoms with van der Waals surface area (Å²) in [6, 6.07) is 14.7. The fourth-order valence-corrected chi connectivity index (χ4v) is 3.82. The SMILES string of the molecule is CS(C)(C)CC#Cc1nc(-c2ccc(N3CCOCC3)cc2)cc2ncccc12. The highest BCUT2D eigenvalue weighted by atomic mass is 32.3. The Balaban J connectivity index is 1.68. The van der Waals surface area contributed by atoms with E-state index in [1.54, 1.807) is 0 Å². The van der Waals surface area contributed by atoms with Crippen LogP contribution >= 0.6 is 10.0 Å². The molecule has 1 aliphatic heterocycles. The van der Waals surface area contributed by atoms with Crippen LogP contribution < -0.4 is 4.90 Å². The molecule has 0 saturated carbocycles. The molecule has 4 rings (SSSR count). The first kappa shape index (κ1) is 19.8. The van der Waals surface area contributed by atoms with Crippen LogP contribution in [0.15, 0.2) is 48.7 Å². The van der Waals surface area contributed by atoms with E-state index in [-0.39, 0.29) is 0 Å². The Hall–Kier alpha value is -2.55. The molecule has 1 aliphatic rings. The number of morpholine rings is 1. The number of benzene rings is 1. The van der Waals surface area contributed by atoms with Gasteiger partial charge in [0.15, 0.2) is 0 Å². The number of hydrogen-bond donors (Lipinski definition) is 0. The van der Waals surface area contributed by atoms with Gasteiger partial charge in [-0.05, 0) is 55.0 Å². The van der Waals surface area contributed by atoms with Crippen LogP contribution in [0.3, 0.4) is 0 Å². The number of pyridine rings is 2. The van der Waals surface area contributed by atoms with Gasteiger partial charge in [-0.25, -0.2) is 15.0 Å². The highest BCUT2D eigenvalue weighted by Crippen LogP contribution is 2.33. The molecule has 0 N–H and O–H groups in total. The van der Waals surface area contributed by atoms with Crippen LogP contribution in [0.2, 0.25) is 0 Å². The summed E-state index contributed by atoms with van der Waals surface area (Å²) in [7, 11) is -0.656. The molecule has 0 atom stereocenters. The summed E-state index contributed by atoms with van der Waals surface area (Å²) in [5, 5.41) is 1.01. The molecule has 5 heteroatoms. The van der Waals surface area contributed by atoms with Crippen molar-refractivity contribution in [2.45, 2.75) is 0 Å². The average Bonchev–Trinajstić information content (AvgIpc) is 2.73. The number of anilines is 1. The van der Waals surface area contributed by atoms with Crippen molar-refractivity contribution < 1.29 is 4.74 Å². The van der Waals surface area contributed by atoms with Gasteiger partial charge in [0.05, 0.1) is 24.4 Å². The monoisotopic (exact) mass is 405 g/mol. The van der Waals surface area contributed by atoms with Crippen LogP contribution in [0.1, 0.15) is 5.69 Å². The molecule has 0 spiro atoms. The lowest BCUT2D eigenvalue weighted by Gasteiger charge is -2.28. The molecular formula is C24H27N3OS. The van der Waals surface area contributed by atoms with Gasteiger partial charge in [0.2, 0.25) is 0 Å². The van der Waals surface area contributed by atoms with Crippen LogP contribution in [-0.2, 0) is 4.74 Å². The van der Waals surface area contributed by atoms with E-state index in [9.17, 15) is 0 Å². The summed E-state index contributed by atoms with van der Waals surface area (Å²) in [5.74, 6) is 7.57. The zero-order chi connectivity index (χ0) is 20.3.